The number of hydrogen-bond donors (Lipinski definition) is 0. The fraction of sp³-hybridized carbons (Fsp3) is 0.0159. The maximum absolute atomic E-state index is 2.47. The number of hydrogen-bond acceptors (Lipinski definition) is 1. The second-order valence-electron chi connectivity index (χ2n) is 16.8. The van der Waals surface area contributed by atoms with Gasteiger partial charge in [0.25, 0.3) is 0 Å². The van der Waals surface area contributed by atoms with E-state index in [0.29, 0.717) is 0 Å². The van der Waals surface area contributed by atoms with Crippen molar-refractivity contribution in [2.75, 3.05) is 4.90 Å². The van der Waals surface area contributed by atoms with Gasteiger partial charge in [0, 0.05) is 16.8 Å². The van der Waals surface area contributed by atoms with Crippen LogP contribution in [0.4, 0.5) is 17.1 Å². The molecule has 0 aromatic heterocycles. The molecule has 1 heteroatoms. The maximum atomic E-state index is 2.47. The predicted octanol–water partition coefficient (Wildman–Crippen LogP) is 16.8. The van der Waals surface area contributed by atoms with E-state index in [1.807, 2.05) is 0 Å². The molecule has 0 atom stereocenters. The Morgan fingerprint density at radius 1 is 0.266 bits per heavy atom. The van der Waals surface area contributed by atoms with Gasteiger partial charge in [-0.3, -0.25) is 0 Å². The van der Waals surface area contributed by atoms with E-state index >= 15 is 0 Å². The standard InChI is InChI=1S/C63H43N/c1-3-17-44(18-4-1)48-20-15-21-49(41-48)47-35-33-45(34-36-47)46-37-39-53(40-38-46)64(62-42-50-19-7-8-26-55(50)56-27-9-10-30-59(56)62)54-25-16-24-52(43-54)63(51-22-5-2-6-23-51)60-31-13-11-28-57(60)58-29-12-14-32-61(58)63/h1-43H. The van der Waals surface area contributed by atoms with Gasteiger partial charge in [-0.15, -0.1) is 0 Å². The van der Waals surface area contributed by atoms with E-state index in [-0.39, 0.29) is 0 Å². The summed E-state index contributed by atoms with van der Waals surface area (Å²) < 4.78 is 0. The fourth-order valence-electron chi connectivity index (χ4n) is 10.4. The SMILES string of the molecule is c1ccc(-c2cccc(-c3ccc(-c4ccc(N(c5cccc(C6(c7ccccc7)c7ccccc7-c7ccccc76)c5)c5cc6ccccc6c6ccccc56)cc4)cc3)c2)cc1. The van der Waals surface area contributed by atoms with Crippen molar-refractivity contribution in [1.29, 1.82) is 0 Å². The van der Waals surface area contributed by atoms with Crippen molar-refractivity contribution < 1.29 is 0 Å². The molecule has 11 aromatic rings. The third-order valence-electron chi connectivity index (χ3n) is 13.3. The van der Waals surface area contributed by atoms with Crippen LogP contribution in [-0.2, 0) is 5.41 Å². The molecule has 0 bridgehead atoms. The monoisotopic (exact) mass is 813 g/mol. The van der Waals surface area contributed by atoms with Gasteiger partial charge in [0.05, 0.1) is 11.1 Å². The zero-order valence-corrected chi connectivity index (χ0v) is 35.3. The maximum Gasteiger partial charge on any atom is 0.0714 e. The van der Waals surface area contributed by atoms with Gasteiger partial charge in [-0.05, 0) is 119 Å². The van der Waals surface area contributed by atoms with Crippen LogP contribution in [0.5, 0.6) is 0 Å². The summed E-state index contributed by atoms with van der Waals surface area (Å²) in [5.41, 5.74) is 17.7. The van der Waals surface area contributed by atoms with Gasteiger partial charge in [0.15, 0.2) is 0 Å². The van der Waals surface area contributed by atoms with E-state index in [9.17, 15) is 0 Å². The van der Waals surface area contributed by atoms with Crippen molar-refractivity contribution >= 4 is 38.6 Å². The first-order chi connectivity index (χ1) is 31.7. The Hall–Kier alpha value is -8.26. The largest absolute Gasteiger partial charge is 0.310 e. The van der Waals surface area contributed by atoms with Crippen LogP contribution in [-0.4, -0.2) is 0 Å². The molecule has 0 spiro atoms. The van der Waals surface area contributed by atoms with Gasteiger partial charge in [-0.2, -0.15) is 0 Å². The molecule has 1 aliphatic rings. The van der Waals surface area contributed by atoms with Crippen LogP contribution in [0.2, 0.25) is 0 Å². The topological polar surface area (TPSA) is 3.24 Å². The number of benzene rings is 11. The van der Waals surface area contributed by atoms with Gasteiger partial charge >= 0.3 is 0 Å². The lowest BCUT2D eigenvalue weighted by atomic mass is 9.67. The molecule has 0 saturated heterocycles. The summed E-state index contributed by atoms with van der Waals surface area (Å²) in [6, 6.07) is 95.8. The zero-order chi connectivity index (χ0) is 42.5. The lowest BCUT2D eigenvalue weighted by molar-refractivity contribution is 0.768. The molecule has 0 radical (unpaired) electrons. The number of nitrogens with zero attached hydrogens (tertiary/aromatic N) is 1. The van der Waals surface area contributed by atoms with Gasteiger partial charge in [0.2, 0.25) is 0 Å². The highest BCUT2D eigenvalue weighted by atomic mass is 15.1. The average molecular weight is 814 g/mol. The number of anilines is 3. The molecule has 12 rings (SSSR count). The van der Waals surface area contributed by atoms with E-state index < -0.39 is 5.41 Å². The number of rotatable bonds is 8. The fourth-order valence-corrected chi connectivity index (χ4v) is 10.4. The zero-order valence-electron chi connectivity index (χ0n) is 35.3. The lowest BCUT2D eigenvalue weighted by Crippen LogP contribution is -2.28. The average Bonchev–Trinajstić information content (AvgIpc) is 3.68. The van der Waals surface area contributed by atoms with E-state index in [2.05, 4.69) is 266 Å². The molecule has 0 unspecified atom stereocenters. The smallest absolute Gasteiger partial charge is 0.0714 e. The van der Waals surface area contributed by atoms with E-state index in [1.54, 1.807) is 0 Å². The summed E-state index contributed by atoms with van der Waals surface area (Å²) in [6.07, 6.45) is 0. The molecule has 0 heterocycles. The Morgan fingerprint density at radius 3 is 1.41 bits per heavy atom. The van der Waals surface area contributed by atoms with Crippen LogP contribution < -0.4 is 4.90 Å². The Labute approximate surface area is 374 Å². The Balaban J connectivity index is 1.00. The minimum Gasteiger partial charge on any atom is -0.310 e. The third-order valence-corrected chi connectivity index (χ3v) is 13.3. The van der Waals surface area contributed by atoms with Crippen LogP contribution in [0.1, 0.15) is 22.3 Å². The van der Waals surface area contributed by atoms with Crippen molar-refractivity contribution in [3.63, 3.8) is 0 Å². The molecule has 0 aliphatic heterocycles. The Morgan fingerprint density at radius 2 is 0.734 bits per heavy atom. The van der Waals surface area contributed by atoms with Crippen LogP contribution >= 0.6 is 0 Å². The summed E-state index contributed by atoms with van der Waals surface area (Å²) in [5, 5.41) is 4.91. The van der Waals surface area contributed by atoms with E-state index in [1.165, 1.54) is 88.3 Å². The minimum absolute atomic E-state index is 0.513. The normalized spacial score (nSPS) is 12.5. The van der Waals surface area contributed by atoms with Gasteiger partial charge in [-0.25, -0.2) is 0 Å². The predicted molar refractivity (Wildman–Crippen MR) is 270 cm³/mol. The molecule has 300 valence electrons. The molecule has 0 amide bonds. The van der Waals surface area contributed by atoms with Gasteiger partial charge < -0.3 is 4.90 Å². The lowest BCUT2D eigenvalue weighted by Gasteiger charge is -2.35. The second kappa shape index (κ2) is 15.6. The molecule has 0 N–H and O–H groups in total. The summed E-state index contributed by atoms with van der Waals surface area (Å²) in [4.78, 5) is 2.47. The summed E-state index contributed by atoms with van der Waals surface area (Å²) in [5.74, 6) is 0. The highest BCUT2D eigenvalue weighted by Gasteiger charge is 2.46. The van der Waals surface area contributed by atoms with Crippen molar-refractivity contribution in [3.05, 3.63) is 283 Å². The van der Waals surface area contributed by atoms with E-state index in [4.69, 9.17) is 0 Å². The first-order valence-electron chi connectivity index (χ1n) is 22.2. The first-order valence-corrected chi connectivity index (χ1v) is 22.2. The molecular weight excluding hydrogens is 771 g/mol. The quantitative estimate of drug-likeness (QED) is 0.138. The van der Waals surface area contributed by atoms with Crippen molar-refractivity contribution in [3.8, 4) is 44.5 Å². The number of fused-ring (bicyclic) bond motifs is 6. The van der Waals surface area contributed by atoms with Crippen molar-refractivity contribution in [2.24, 2.45) is 0 Å². The molecule has 1 nitrogen and oxygen atoms in total. The molecule has 11 aromatic carbocycles. The van der Waals surface area contributed by atoms with Gasteiger partial charge in [-0.1, -0.05) is 224 Å². The highest BCUT2D eigenvalue weighted by Crippen LogP contribution is 2.56. The molecule has 0 fully saturated rings. The highest BCUT2D eigenvalue weighted by molar-refractivity contribution is 6.14. The molecule has 0 saturated carbocycles. The van der Waals surface area contributed by atoms with E-state index in [0.717, 1.165) is 17.1 Å². The summed E-state index contributed by atoms with van der Waals surface area (Å²) in [6.45, 7) is 0. The Bertz CT molecular complexity index is 3430. The minimum atomic E-state index is -0.513. The summed E-state index contributed by atoms with van der Waals surface area (Å²) in [7, 11) is 0. The Kier molecular flexibility index (Phi) is 9.13. The second-order valence-corrected chi connectivity index (χ2v) is 16.8. The van der Waals surface area contributed by atoms with Crippen molar-refractivity contribution in [2.45, 2.75) is 5.41 Å². The van der Waals surface area contributed by atoms with Crippen LogP contribution in [0.3, 0.4) is 0 Å². The molecule has 64 heavy (non-hydrogen) atoms. The van der Waals surface area contributed by atoms with Crippen molar-refractivity contribution in [1.82, 2.24) is 0 Å². The first kappa shape index (κ1) is 37.5. The van der Waals surface area contributed by atoms with Crippen LogP contribution in [0.25, 0.3) is 66.1 Å². The third kappa shape index (κ3) is 6.16. The molecular formula is C63H43N. The molecule has 1 aliphatic carbocycles. The van der Waals surface area contributed by atoms with Gasteiger partial charge in [0.1, 0.15) is 0 Å². The van der Waals surface area contributed by atoms with Crippen LogP contribution in [0, 0.1) is 0 Å². The summed E-state index contributed by atoms with van der Waals surface area (Å²) >= 11 is 0. The van der Waals surface area contributed by atoms with Crippen LogP contribution in [0.15, 0.2) is 261 Å².